The molecule has 4 rings (SSSR count). The van der Waals surface area contributed by atoms with Crippen LogP contribution in [0.3, 0.4) is 0 Å². The summed E-state index contributed by atoms with van der Waals surface area (Å²) in [5.41, 5.74) is 0.340. The predicted octanol–water partition coefficient (Wildman–Crippen LogP) is 3.94. The van der Waals surface area contributed by atoms with Gasteiger partial charge in [-0.15, -0.1) is 11.3 Å². The van der Waals surface area contributed by atoms with E-state index in [1.807, 2.05) is 29.6 Å². The molecular weight excluding hydrogens is 358 g/mol. The minimum atomic E-state index is -0.774. The monoisotopic (exact) mass is 371 g/mol. The number of hydrogen-bond acceptors (Lipinski definition) is 7. The molecule has 0 saturated carbocycles. The maximum Gasteiger partial charge on any atom is 0.345 e. The molecule has 0 unspecified atom stereocenters. The standard InChI is InChI=1S/C18H13NO6S/c20-18(25-9-11-10-26-17-4-2-1-3-12(11)17)13-7-15-16(24-6-5-23-15)8-14(13)19(21)22/h1-4,7-8,10H,5-6,9H2. The van der Waals surface area contributed by atoms with Crippen molar-refractivity contribution in [3.8, 4) is 11.5 Å². The summed E-state index contributed by atoms with van der Waals surface area (Å²) in [6.45, 7) is 0.661. The fourth-order valence-corrected chi connectivity index (χ4v) is 3.71. The van der Waals surface area contributed by atoms with E-state index in [0.29, 0.717) is 19.0 Å². The first kappa shape index (κ1) is 16.3. The minimum absolute atomic E-state index is 0.0362. The van der Waals surface area contributed by atoms with Gasteiger partial charge in [-0.1, -0.05) is 18.2 Å². The molecule has 0 N–H and O–H groups in total. The molecule has 1 aliphatic rings. The van der Waals surface area contributed by atoms with Gasteiger partial charge >= 0.3 is 5.97 Å². The van der Waals surface area contributed by atoms with Crippen molar-refractivity contribution >= 4 is 33.1 Å². The molecule has 7 nitrogen and oxygen atoms in total. The molecule has 132 valence electrons. The third-order valence-electron chi connectivity index (χ3n) is 4.00. The highest BCUT2D eigenvalue weighted by Gasteiger charge is 2.27. The zero-order chi connectivity index (χ0) is 18.1. The lowest BCUT2D eigenvalue weighted by atomic mass is 10.1. The molecular formula is C18H13NO6S. The van der Waals surface area contributed by atoms with Crippen LogP contribution in [-0.4, -0.2) is 24.1 Å². The summed E-state index contributed by atoms with van der Waals surface area (Å²) in [7, 11) is 0. The molecule has 0 spiro atoms. The summed E-state index contributed by atoms with van der Waals surface area (Å²) >= 11 is 1.55. The van der Waals surface area contributed by atoms with Crippen LogP contribution in [0.25, 0.3) is 10.1 Å². The van der Waals surface area contributed by atoms with Crippen molar-refractivity contribution in [2.45, 2.75) is 6.61 Å². The lowest BCUT2D eigenvalue weighted by Crippen LogP contribution is -2.17. The number of thiophene rings is 1. The van der Waals surface area contributed by atoms with Crippen LogP contribution in [0.4, 0.5) is 5.69 Å². The zero-order valence-electron chi connectivity index (χ0n) is 13.5. The first-order valence-electron chi connectivity index (χ1n) is 7.84. The second-order valence-electron chi connectivity index (χ2n) is 5.60. The Balaban J connectivity index is 1.60. The number of nitrogens with zero attached hydrogens (tertiary/aromatic N) is 1. The lowest BCUT2D eigenvalue weighted by molar-refractivity contribution is -0.385. The SMILES string of the molecule is O=C(OCc1csc2ccccc12)c1cc2c(cc1[N+](=O)[O-])OCCO2. The van der Waals surface area contributed by atoms with E-state index in [1.165, 1.54) is 12.1 Å². The molecule has 2 aromatic carbocycles. The zero-order valence-corrected chi connectivity index (χ0v) is 14.3. The summed E-state index contributed by atoms with van der Waals surface area (Å²) < 4.78 is 17.2. The van der Waals surface area contributed by atoms with Gasteiger partial charge in [0.2, 0.25) is 0 Å². The summed E-state index contributed by atoms with van der Waals surface area (Å²) in [6.07, 6.45) is 0. The molecule has 26 heavy (non-hydrogen) atoms. The molecule has 0 fully saturated rings. The first-order valence-corrected chi connectivity index (χ1v) is 8.72. The number of nitro benzene ring substituents is 1. The summed E-state index contributed by atoms with van der Waals surface area (Å²) in [6, 6.07) is 10.3. The largest absolute Gasteiger partial charge is 0.486 e. The van der Waals surface area contributed by atoms with Crippen molar-refractivity contribution in [1.29, 1.82) is 0 Å². The van der Waals surface area contributed by atoms with Gasteiger partial charge in [0.15, 0.2) is 11.5 Å². The molecule has 0 saturated heterocycles. The van der Waals surface area contributed by atoms with Crippen LogP contribution in [0.5, 0.6) is 11.5 Å². The predicted molar refractivity (Wildman–Crippen MR) is 95.0 cm³/mol. The third kappa shape index (κ3) is 2.95. The van der Waals surface area contributed by atoms with Crippen molar-refractivity contribution in [3.05, 3.63) is 63.0 Å². The molecule has 0 atom stereocenters. The number of benzene rings is 2. The smallest absolute Gasteiger partial charge is 0.345 e. The van der Waals surface area contributed by atoms with Crippen molar-refractivity contribution in [2.75, 3.05) is 13.2 Å². The number of carbonyl (C=O) groups is 1. The average molecular weight is 371 g/mol. The second kappa shape index (κ2) is 6.64. The Morgan fingerprint density at radius 2 is 1.92 bits per heavy atom. The molecule has 8 heteroatoms. The Labute approximate surface area is 151 Å². The second-order valence-corrected chi connectivity index (χ2v) is 6.51. The highest BCUT2D eigenvalue weighted by Crippen LogP contribution is 2.37. The van der Waals surface area contributed by atoms with Gasteiger partial charge in [-0.25, -0.2) is 4.79 Å². The molecule has 0 aliphatic carbocycles. The molecule has 1 aliphatic heterocycles. The van der Waals surface area contributed by atoms with Crippen LogP contribution in [-0.2, 0) is 11.3 Å². The minimum Gasteiger partial charge on any atom is -0.486 e. The van der Waals surface area contributed by atoms with E-state index in [9.17, 15) is 14.9 Å². The Bertz CT molecular complexity index is 1010. The number of nitro groups is 1. The topological polar surface area (TPSA) is 87.9 Å². The molecule has 0 bridgehead atoms. The van der Waals surface area contributed by atoms with Crippen LogP contribution in [0, 0.1) is 10.1 Å². The fourth-order valence-electron chi connectivity index (χ4n) is 2.76. The maximum atomic E-state index is 12.5. The van der Waals surface area contributed by atoms with Gasteiger partial charge in [0, 0.05) is 16.3 Å². The lowest BCUT2D eigenvalue weighted by Gasteiger charge is -2.18. The number of ether oxygens (including phenoxy) is 3. The highest BCUT2D eigenvalue weighted by atomic mass is 32.1. The molecule has 2 heterocycles. The van der Waals surface area contributed by atoms with Crippen LogP contribution in [0.2, 0.25) is 0 Å². The van der Waals surface area contributed by atoms with Crippen molar-refractivity contribution in [2.24, 2.45) is 0 Å². The maximum absolute atomic E-state index is 12.5. The van der Waals surface area contributed by atoms with Gasteiger partial charge < -0.3 is 14.2 Å². The van der Waals surface area contributed by atoms with Gasteiger partial charge in [0.05, 0.1) is 11.0 Å². The Kier molecular flexibility index (Phi) is 4.18. The van der Waals surface area contributed by atoms with Crippen LogP contribution in [0.1, 0.15) is 15.9 Å². The van der Waals surface area contributed by atoms with Crippen molar-refractivity contribution in [1.82, 2.24) is 0 Å². The molecule has 1 aromatic heterocycles. The van der Waals surface area contributed by atoms with Gasteiger partial charge in [-0.2, -0.15) is 0 Å². The van der Waals surface area contributed by atoms with E-state index in [4.69, 9.17) is 14.2 Å². The van der Waals surface area contributed by atoms with Gasteiger partial charge in [0.1, 0.15) is 25.4 Å². The van der Waals surface area contributed by atoms with Crippen LogP contribution < -0.4 is 9.47 Å². The number of hydrogen-bond donors (Lipinski definition) is 0. The van der Waals surface area contributed by atoms with Gasteiger partial charge in [-0.05, 0) is 16.8 Å². The van der Waals surface area contributed by atoms with E-state index < -0.39 is 10.9 Å². The van der Waals surface area contributed by atoms with E-state index >= 15 is 0 Å². The number of fused-ring (bicyclic) bond motifs is 2. The van der Waals surface area contributed by atoms with Crippen LogP contribution in [0.15, 0.2) is 41.8 Å². The van der Waals surface area contributed by atoms with Crippen molar-refractivity contribution in [3.63, 3.8) is 0 Å². The Hall–Kier alpha value is -3.13. The summed E-state index contributed by atoms with van der Waals surface area (Å²) in [5.74, 6) is -0.220. The number of rotatable bonds is 4. The van der Waals surface area contributed by atoms with Gasteiger partial charge in [0.25, 0.3) is 5.69 Å². The van der Waals surface area contributed by atoms with E-state index in [1.54, 1.807) is 11.3 Å². The molecule has 0 radical (unpaired) electrons. The van der Waals surface area contributed by atoms with Crippen LogP contribution >= 0.6 is 11.3 Å². The summed E-state index contributed by atoms with van der Waals surface area (Å²) in [4.78, 5) is 23.2. The highest BCUT2D eigenvalue weighted by molar-refractivity contribution is 7.17. The third-order valence-corrected chi connectivity index (χ3v) is 5.01. The first-order chi connectivity index (χ1) is 12.6. The number of esters is 1. The van der Waals surface area contributed by atoms with E-state index in [2.05, 4.69) is 0 Å². The van der Waals surface area contributed by atoms with Gasteiger partial charge in [-0.3, -0.25) is 10.1 Å². The number of carbonyl (C=O) groups excluding carboxylic acids is 1. The quantitative estimate of drug-likeness (QED) is 0.392. The normalized spacial score (nSPS) is 12.8. The summed E-state index contributed by atoms with van der Waals surface area (Å²) in [5, 5.41) is 14.2. The van der Waals surface area contributed by atoms with E-state index in [-0.39, 0.29) is 23.6 Å². The van der Waals surface area contributed by atoms with E-state index in [0.717, 1.165) is 15.6 Å². The Morgan fingerprint density at radius 1 is 1.19 bits per heavy atom. The molecule has 0 amide bonds. The average Bonchev–Trinajstić information content (AvgIpc) is 3.08. The van der Waals surface area contributed by atoms with Crippen molar-refractivity contribution < 1.29 is 23.9 Å². The fraction of sp³-hybridized carbons (Fsp3) is 0.167. The molecule has 3 aromatic rings. The Morgan fingerprint density at radius 3 is 2.69 bits per heavy atom.